The summed E-state index contributed by atoms with van der Waals surface area (Å²) in [6, 6.07) is 8.49. The Morgan fingerprint density at radius 2 is 2.15 bits per heavy atom. The number of rotatable bonds is 6. The van der Waals surface area contributed by atoms with Crippen LogP contribution < -0.4 is 10.1 Å². The summed E-state index contributed by atoms with van der Waals surface area (Å²) in [5.41, 5.74) is 1.81. The average molecular weight is 281 g/mol. The van der Waals surface area contributed by atoms with E-state index in [4.69, 9.17) is 0 Å². The van der Waals surface area contributed by atoms with Crippen molar-refractivity contribution in [2.24, 2.45) is 7.05 Å². The number of halogens is 2. The monoisotopic (exact) mass is 281 g/mol. The van der Waals surface area contributed by atoms with Gasteiger partial charge >= 0.3 is 6.61 Å². The molecule has 1 aromatic carbocycles. The predicted octanol–water partition coefficient (Wildman–Crippen LogP) is 2.72. The number of benzene rings is 1. The van der Waals surface area contributed by atoms with E-state index in [1.54, 1.807) is 23.0 Å². The molecule has 1 N–H and O–H groups in total. The fraction of sp³-hybridized carbons (Fsp3) is 0.357. The minimum absolute atomic E-state index is 0.117. The molecule has 2 rings (SSSR count). The highest BCUT2D eigenvalue weighted by atomic mass is 19.3. The Hall–Kier alpha value is -1.95. The molecule has 0 amide bonds. The van der Waals surface area contributed by atoms with E-state index < -0.39 is 6.61 Å². The summed E-state index contributed by atoms with van der Waals surface area (Å²) in [5, 5.41) is 7.46. The fourth-order valence-corrected chi connectivity index (χ4v) is 2.13. The Labute approximate surface area is 116 Å². The molecule has 0 fully saturated rings. The minimum atomic E-state index is -2.82. The van der Waals surface area contributed by atoms with Crippen LogP contribution in [0.4, 0.5) is 8.78 Å². The topological polar surface area (TPSA) is 39.1 Å². The van der Waals surface area contributed by atoms with Crippen LogP contribution in [0.2, 0.25) is 0 Å². The Morgan fingerprint density at radius 1 is 1.35 bits per heavy atom. The largest absolute Gasteiger partial charge is 0.435 e. The zero-order chi connectivity index (χ0) is 14.5. The molecule has 1 aromatic heterocycles. The van der Waals surface area contributed by atoms with Gasteiger partial charge in [-0.05, 0) is 30.3 Å². The van der Waals surface area contributed by atoms with Crippen LogP contribution in [0.1, 0.15) is 24.2 Å². The molecule has 1 atom stereocenters. The predicted molar refractivity (Wildman–Crippen MR) is 71.8 cm³/mol. The van der Waals surface area contributed by atoms with Crippen LogP contribution in [-0.4, -0.2) is 22.9 Å². The van der Waals surface area contributed by atoms with Gasteiger partial charge in [0.2, 0.25) is 0 Å². The first-order valence-electron chi connectivity index (χ1n) is 6.38. The SMILES string of the molecule is CCNC(c1cccc(OC(F)F)c1)c1ccnn1C. The highest BCUT2D eigenvalue weighted by molar-refractivity contribution is 5.34. The van der Waals surface area contributed by atoms with E-state index in [9.17, 15) is 8.78 Å². The second kappa shape index (κ2) is 6.47. The van der Waals surface area contributed by atoms with E-state index in [0.29, 0.717) is 0 Å². The molecule has 0 spiro atoms. The van der Waals surface area contributed by atoms with Gasteiger partial charge in [0, 0.05) is 13.2 Å². The van der Waals surface area contributed by atoms with Crippen LogP contribution >= 0.6 is 0 Å². The van der Waals surface area contributed by atoms with E-state index in [1.165, 1.54) is 6.07 Å². The van der Waals surface area contributed by atoms with Crippen LogP contribution in [-0.2, 0) is 7.05 Å². The van der Waals surface area contributed by atoms with Crippen molar-refractivity contribution in [2.45, 2.75) is 19.6 Å². The van der Waals surface area contributed by atoms with Crippen LogP contribution in [0.15, 0.2) is 36.5 Å². The van der Waals surface area contributed by atoms with Gasteiger partial charge in [-0.15, -0.1) is 0 Å². The van der Waals surface area contributed by atoms with Crippen molar-refractivity contribution >= 4 is 0 Å². The summed E-state index contributed by atoms with van der Waals surface area (Å²) in [7, 11) is 1.85. The lowest BCUT2D eigenvalue weighted by Gasteiger charge is -2.19. The van der Waals surface area contributed by atoms with Gasteiger partial charge in [-0.1, -0.05) is 19.1 Å². The normalized spacial score (nSPS) is 12.7. The first-order chi connectivity index (χ1) is 9.61. The summed E-state index contributed by atoms with van der Waals surface area (Å²) in [5.74, 6) is 0.155. The molecular formula is C14H17F2N3O. The van der Waals surface area contributed by atoms with Gasteiger partial charge in [0.05, 0.1) is 11.7 Å². The maximum Gasteiger partial charge on any atom is 0.387 e. The second-order valence-electron chi connectivity index (χ2n) is 4.32. The van der Waals surface area contributed by atoms with Crippen molar-refractivity contribution in [1.29, 1.82) is 0 Å². The molecule has 0 aliphatic heterocycles. The van der Waals surface area contributed by atoms with Crippen molar-refractivity contribution in [3.8, 4) is 5.75 Å². The minimum Gasteiger partial charge on any atom is -0.435 e. The summed E-state index contributed by atoms with van der Waals surface area (Å²) in [6.45, 7) is -0.0851. The van der Waals surface area contributed by atoms with Crippen LogP contribution in [0, 0.1) is 0 Å². The molecule has 108 valence electrons. The van der Waals surface area contributed by atoms with E-state index in [0.717, 1.165) is 17.8 Å². The van der Waals surface area contributed by atoms with Crippen LogP contribution in [0.5, 0.6) is 5.75 Å². The van der Waals surface area contributed by atoms with E-state index in [-0.39, 0.29) is 11.8 Å². The number of aryl methyl sites for hydroxylation is 1. The summed E-state index contributed by atoms with van der Waals surface area (Å²) in [6.07, 6.45) is 1.71. The molecule has 4 nitrogen and oxygen atoms in total. The Bertz CT molecular complexity index is 557. The third-order valence-corrected chi connectivity index (χ3v) is 2.98. The summed E-state index contributed by atoms with van der Waals surface area (Å²) >= 11 is 0. The first kappa shape index (κ1) is 14.5. The van der Waals surface area contributed by atoms with Gasteiger partial charge in [0.1, 0.15) is 5.75 Å². The first-order valence-corrected chi connectivity index (χ1v) is 6.38. The lowest BCUT2D eigenvalue weighted by atomic mass is 10.0. The van der Waals surface area contributed by atoms with E-state index in [2.05, 4.69) is 15.2 Å². The fourth-order valence-electron chi connectivity index (χ4n) is 2.13. The van der Waals surface area contributed by atoms with Gasteiger partial charge in [0.15, 0.2) is 0 Å². The Balaban J connectivity index is 2.32. The zero-order valence-electron chi connectivity index (χ0n) is 11.4. The molecule has 1 unspecified atom stereocenters. The van der Waals surface area contributed by atoms with Gasteiger partial charge in [-0.2, -0.15) is 13.9 Å². The standard InChI is InChI=1S/C14H17F2N3O/c1-3-17-13(12-7-8-18-19(12)2)10-5-4-6-11(9-10)20-14(15)16/h4-9,13-14,17H,3H2,1-2H3. The second-order valence-corrected chi connectivity index (χ2v) is 4.32. The number of alkyl halides is 2. The summed E-state index contributed by atoms with van der Waals surface area (Å²) in [4.78, 5) is 0. The molecule has 0 saturated carbocycles. The highest BCUT2D eigenvalue weighted by Gasteiger charge is 2.17. The van der Waals surface area contributed by atoms with Crippen molar-refractivity contribution in [2.75, 3.05) is 6.54 Å². The van der Waals surface area contributed by atoms with E-state index in [1.807, 2.05) is 26.1 Å². The molecule has 0 aliphatic rings. The number of hydrogen-bond acceptors (Lipinski definition) is 3. The Kier molecular flexibility index (Phi) is 4.68. The maximum atomic E-state index is 12.3. The molecule has 0 radical (unpaired) electrons. The van der Waals surface area contributed by atoms with Crippen LogP contribution in [0.25, 0.3) is 0 Å². The van der Waals surface area contributed by atoms with Crippen molar-refractivity contribution in [3.05, 3.63) is 47.8 Å². The van der Waals surface area contributed by atoms with Gasteiger partial charge in [-0.3, -0.25) is 4.68 Å². The number of aromatic nitrogens is 2. The smallest absolute Gasteiger partial charge is 0.387 e. The summed E-state index contributed by atoms with van der Waals surface area (Å²) < 4.78 is 30.8. The molecule has 6 heteroatoms. The van der Waals surface area contributed by atoms with Gasteiger partial charge in [-0.25, -0.2) is 0 Å². The quantitative estimate of drug-likeness (QED) is 0.885. The van der Waals surface area contributed by atoms with Crippen molar-refractivity contribution in [1.82, 2.24) is 15.1 Å². The van der Waals surface area contributed by atoms with Crippen molar-refractivity contribution in [3.63, 3.8) is 0 Å². The lowest BCUT2D eigenvalue weighted by molar-refractivity contribution is -0.0498. The average Bonchev–Trinajstić information content (AvgIpc) is 2.81. The van der Waals surface area contributed by atoms with Crippen LogP contribution in [0.3, 0.4) is 0 Å². The molecule has 2 aromatic rings. The molecular weight excluding hydrogens is 264 g/mol. The number of ether oxygens (including phenoxy) is 1. The molecule has 20 heavy (non-hydrogen) atoms. The third kappa shape index (κ3) is 3.33. The number of nitrogens with one attached hydrogen (secondary N) is 1. The van der Waals surface area contributed by atoms with E-state index >= 15 is 0 Å². The van der Waals surface area contributed by atoms with Gasteiger partial charge in [0.25, 0.3) is 0 Å². The third-order valence-electron chi connectivity index (χ3n) is 2.98. The molecule has 0 saturated heterocycles. The highest BCUT2D eigenvalue weighted by Crippen LogP contribution is 2.25. The zero-order valence-corrected chi connectivity index (χ0v) is 11.4. The molecule has 1 heterocycles. The maximum absolute atomic E-state index is 12.3. The Morgan fingerprint density at radius 3 is 2.75 bits per heavy atom. The molecule has 0 bridgehead atoms. The number of nitrogens with zero attached hydrogens (tertiary/aromatic N) is 2. The van der Waals surface area contributed by atoms with Crippen molar-refractivity contribution < 1.29 is 13.5 Å². The lowest BCUT2D eigenvalue weighted by Crippen LogP contribution is -2.24. The van der Waals surface area contributed by atoms with Gasteiger partial charge < -0.3 is 10.1 Å². The molecule has 0 aliphatic carbocycles. The number of hydrogen-bond donors (Lipinski definition) is 1.